The van der Waals surface area contributed by atoms with E-state index in [9.17, 15) is 5.21 Å². The van der Waals surface area contributed by atoms with E-state index in [1.54, 1.807) is 12.1 Å². The molecular formula is C6H7N3OS. The Morgan fingerprint density at radius 2 is 2.09 bits per heavy atom. The fourth-order valence-electron chi connectivity index (χ4n) is 0.594. The van der Waals surface area contributed by atoms with Crippen molar-refractivity contribution in [2.24, 2.45) is 5.73 Å². The Labute approximate surface area is 68.1 Å². The normalized spacial score (nSPS) is 9.45. The zero-order valence-electron chi connectivity index (χ0n) is 5.65. The van der Waals surface area contributed by atoms with Crippen LogP contribution >= 0.6 is 11.8 Å². The van der Waals surface area contributed by atoms with E-state index in [0.717, 1.165) is 16.7 Å². The Morgan fingerprint density at radius 1 is 1.55 bits per heavy atom. The third kappa shape index (κ3) is 2.46. The molecule has 1 rings (SSSR count). The second-order valence-corrected chi connectivity index (χ2v) is 2.98. The van der Waals surface area contributed by atoms with Crippen LogP contribution in [0.2, 0.25) is 0 Å². The van der Waals surface area contributed by atoms with E-state index >= 15 is 0 Å². The molecule has 1 aromatic rings. The number of hydrogen-bond acceptors (Lipinski definition) is 3. The van der Waals surface area contributed by atoms with E-state index in [-0.39, 0.29) is 5.17 Å². The number of nitrogens with two attached hydrogens (primary N) is 1. The molecule has 0 bridgehead atoms. The Balaban J connectivity index is 2.74. The van der Waals surface area contributed by atoms with Gasteiger partial charge < -0.3 is 10.9 Å². The number of amidine groups is 1. The maximum absolute atomic E-state index is 10.5. The summed E-state index contributed by atoms with van der Waals surface area (Å²) in [6.07, 6.45) is 2.73. The van der Waals surface area contributed by atoms with Crippen LogP contribution in [0.5, 0.6) is 0 Å². The molecule has 5 heteroatoms. The molecule has 0 saturated carbocycles. The van der Waals surface area contributed by atoms with Crippen molar-refractivity contribution >= 4 is 16.9 Å². The standard InChI is InChI=1S/C6H7N3OS/c7-6(8)11-5-1-3-9(10)4-2-5/h1-4H,(H3,7,8). The van der Waals surface area contributed by atoms with Crippen molar-refractivity contribution < 1.29 is 4.73 Å². The number of thioether (sulfide) groups is 1. The zero-order valence-corrected chi connectivity index (χ0v) is 6.47. The lowest BCUT2D eigenvalue weighted by Gasteiger charge is -1.97. The number of aromatic nitrogens is 1. The molecule has 4 nitrogen and oxygen atoms in total. The number of hydrogen-bond donors (Lipinski definition) is 2. The second kappa shape index (κ2) is 3.25. The van der Waals surface area contributed by atoms with Crippen LogP contribution in [-0.2, 0) is 0 Å². The molecule has 0 aromatic carbocycles. The lowest BCUT2D eigenvalue weighted by atomic mass is 10.5. The van der Waals surface area contributed by atoms with E-state index in [1.807, 2.05) is 0 Å². The minimum absolute atomic E-state index is 0.0219. The molecule has 0 spiro atoms. The van der Waals surface area contributed by atoms with Gasteiger partial charge in [0.25, 0.3) is 0 Å². The summed E-state index contributed by atoms with van der Waals surface area (Å²) in [6, 6.07) is 3.22. The minimum atomic E-state index is 0.0219. The van der Waals surface area contributed by atoms with Crippen molar-refractivity contribution in [1.29, 1.82) is 5.41 Å². The highest BCUT2D eigenvalue weighted by atomic mass is 32.2. The average Bonchev–Trinajstić information content (AvgIpc) is 1.93. The highest BCUT2D eigenvalue weighted by Gasteiger charge is 1.96. The maximum atomic E-state index is 10.5. The molecule has 1 heterocycles. The van der Waals surface area contributed by atoms with Crippen LogP contribution in [0.4, 0.5) is 0 Å². The topological polar surface area (TPSA) is 76.8 Å². The number of nitrogens with zero attached hydrogens (tertiary/aromatic N) is 1. The molecule has 3 N–H and O–H groups in total. The molecule has 0 amide bonds. The van der Waals surface area contributed by atoms with Crippen LogP contribution in [0.25, 0.3) is 0 Å². The van der Waals surface area contributed by atoms with Gasteiger partial charge in [-0.15, -0.1) is 0 Å². The smallest absolute Gasteiger partial charge is 0.181 e. The Hall–Kier alpha value is -1.23. The first-order chi connectivity index (χ1) is 5.18. The molecule has 1 aromatic heterocycles. The summed E-state index contributed by atoms with van der Waals surface area (Å²) in [7, 11) is 0. The third-order valence-corrected chi connectivity index (χ3v) is 1.73. The minimum Gasteiger partial charge on any atom is -0.619 e. The van der Waals surface area contributed by atoms with Gasteiger partial charge in [0.05, 0.1) is 0 Å². The summed E-state index contributed by atoms with van der Waals surface area (Å²) in [4.78, 5) is 0.796. The Morgan fingerprint density at radius 3 is 2.55 bits per heavy atom. The number of rotatable bonds is 1. The van der Waals surface area contributed by atoms with Crippen LogP contribution < -0.4 is 10.5 Å². The summed E-state index contributed by atoms with van der Waals surface area (Å²) in [6.45, 7) is 0. The Kier molecular flexibility index (Phi) is 2.32. The van der Waals surface area contributed by atoms with Gasteiger partial charge in [0.1, 0.15) is 0 Å². The molecule has 0 fully saturated rings. The molecule has 0 aliphatic rings. The first-order valence-electron chi connectivity index (χ1n) is 2.89. The molecular weight excluding hydrogens is 162 g/mol. The van der Waals surface area contributed by atoms with E-state index in [0.29, 0.717) is 4.73 Å². The lowest BCUT2D eigenvalue weighted by molar-refractivity contribution is -0.605. The molecule has 0 aliphatic heterocycles. The van der Waals surface area contributed by atoms with Gasteiger partial charge in [-0.05, 0) is 0 Å². The van der Waals surface area contributed by atoms with E-state index in [4.69, 9.17) is 11.1 Å². The number of nitrogens with one attached hydrogen (secondary N) is 1. The van der Waals surface area contributed by atoms with Gasteiger partial charge >= 0.3 is 0 Å². The highest BCUT2D eigenvalue weighted by Crippen LogP contribution is 2.13. The summed E-state index contributed by atoms with van der Waals surface area (Å²) in [5, 5.41) is 17.5. The van der Waals surface area contributed by atoms with Crippen LogP contribution in [0.1, 0.15) is 0 Å². The third-order valence-electron chi connectivity index (χ3n) is 0.999. The molecule has 0 aliphatic carbocycles. The van der Waals surface area contributed by atoms with Gasteiger partial charge in [0.15, 0.2) is 17.6 Å². The van der Waals surface area contributed by atoms with E-state index in [1.165, 1.54) is 12.4 Å². The Bertz CT molecular complexity index is 259. The average molecular weight is 169 g/mol. The molecule has 11 heavy (non-hydrogen) atoms. The highest BCUT2D eigenvalue weighted by molar-refractivity contribution is 8.13. The van der Waals surface area contributed by atoms with Gasteiger partial charge in [0.2, 0.25) is 0 Å². The van der Waals surface area contributed by atoms with Crippen LogP contribution in [0.15, 0.2) is 29.4 Å². The van der Waals surface area contributed by atoms with Crippen LogP contribution in [-0.4, -0.2) is 5.17 Å². The SMILES string of the molecule is N=C(N)Sc1cc[n+]([O-])cc1. The fourth-order valence-corrected chi connectivity index (χ4v) is 1.11. The van der Waals surface area contributed by atoms with Crippen LogP contribution in [0, 0.1) is 10.6 Å². The summed E-state index contributed by atoms with van der Waals surface area (Å²) < 4.78 is 0.685. The maximum Gasteiger partial charge on any atom is 0.181 e. The molecule has 0 radical (unpaired) electrons. The summed E-state index contributed by atoms with van der Waals surface area (Å²) >= 11 is 1.12. The van der Waals surface area contributed by atoms with Crippen molar-refractivity contribution in [3.05, 3.63) is 29.7 Å². The van der Waals surface area contributed by atoms with E-state index < -0.39 is 0 Å². The largest absolute Gasteiger partial charge is 0.619 e. The van der Waals surface area contributed by atoms with Crippen molar-refractivity contribution in [2.45, 2.75) is 4.90 Å². The van der Waals surface area contributed by atoms with Gasteiger partial charge in [-0.1, -0.05) is 11.8 Å². The van der Waals surface area contributed by atoms with Gasteiger partial charge in [0, 0.05) is 17.0 Å². The lowest BCUT2D eigenvalue weighted by Crippen LogP contribution is -2.23. The quantitative estimate of drug-likeness (QED) is 0.209. The second-order valence-electron chi connectivity index (χ2n) is 1.86. The van der Waals surface area contributed by atoms with Crippen molar-refractivity contribution in [3.8, 4) is 0 Å². The summed E-state index contributed by atoms with van der Waals surface area (Å²) in [5.74, 6) is 0. The number of pyridine rings is 1. The first kappa shape index (κ1) is 7.87. The van der Waals surface area contributed by atoms with Gasteiger partial charge in [-0.2, -0.15) is 4.73 Å². The van der Waals surface area contributed by atoms with Gasteiger partial charge in [-0.3, -0.25) is 5.41 Å². The van der Waals surface area contributed by atoms with Crippen molar-refractivity contribution in [2.75, 3.05) is 0 Å². The molecule has 0 unspecified atom stereocenters. The summed E-state index contributed by atoms with van der Waals surface area (Å²) in [5.41, 5.74) is 5.12. The van der Waals surface area contributed by atoms with E-state index in [2.05, 4.69) is 0 Å². The van der Waals surface area contributed by atoms with Gasteiger partial charge in [-0.25, -0.2) is 0 Å². The zero-order chi connectivity index (χ0) is 8.27. The van der Waals surface area contributed by atoms with Crippen molar-refractivity contribution in [1.82, 2.24) is 0 Å². The monoisotopic (exact) mass is 169 g/mol. The van der Waals surface area contributed by atoms with Crippen LogP contribution in [0.3, 0.4) is 0 Å². The van der Waals surface area contributed by atoms with Crippen molar-refractivity contribution in [3.63, 3.8) is 0 Å². The predicted octanol–water partition coefficient (Wildman–Crippen LogP) is 0.306. The fraction of sp³-hybridized carbons (Fsp3) is 0. The molecule has 58 valence electrons. The molecule has 0 atom stereocenters. The molecule has 0 saturated heterocycles. The predicted molar refractivity (Wildman–Crippen MR) is 43.2 cm³/mol. The first-order valence-corrected chi connectivity index (χ1v) is 3.71.